The molecule has 1 fully saturated rings. The van der Waals surface area contributed by atoms with Gasteiger partial charge < -0.3 is 15.3 Å². The van der Waals surface area contributed by atoms with Crippen molar-refractivity contribution in [3.8, 4) is 0 Å². The molecule has 21 heavy (non-hydrogen) atoms. The third-order valence-electron chi connectivity index (χ3n) is 3.55. The monoisotopic (exact) mass is 294 g/mol. The molecule has 1 saturated heterocycles. The molecule has 0 spiro atoms. The predicted octanol–water partition coefficient (Wildman–Crippen LogP) is 0.984. The summed E-state index contributed by atoms with van der Waals surface area (Å²) in [5.74, 6) is -1.55. The summed E-state index contributed by atoms with van der Waals surface area (Å²) in [6.45, 7) is 3.43. The number of benzene rings is 1. The molecule has 2 unspecified atom stereocenters. The summed E-state index contributed by atoms with van der Waals surface area (Å²) in [4.78, 5) is 25.3. The van der Waals surface area contributed by atoms with E-state index in [9.17, 15) is 14.0 Å². The molecule has 1 aliphatic heterocycles. The first-order chi connectivity index (χ1) is 9.92. The van der Waals surface area contributed by atoms with Crippen LogP contribution in [0.4, 0.5) is 10.1 Å². The van der Waals surface area contributed by atoms with E-state index < -0.39 is 11.7 Å². The number of aliphatic hydroxyl groups is 1. The van der Waals surface area contributed by atoms with Gasteiger partial charge in [-0.2, -0.15) is 0 Å². The number of aliphatic hydroxyl groups excluding tert-OH is 1. The van der Waals surface area contributed by atoms with E-state index in [0.29, 0.717) is 0 Å². The zero-order valence-corrected chi connectivity index (χ0v) is 12.1. The van der Waals surface area contributed by atoms with Gasteiger partial charge >= 0.3 is 0 Å². The van der Waals surface area contributed by atoms with E-state index in [0.717, 1.165) is 5.56 Å². The maximum absolute atomic E-state index is 13.9. The van der Waals surface area contributed by atoms with Gasteiger partial charge in [0.1, 0.15) is 5.82 Å². The van der Waals surface area contributed by atoms with Gasteiger partial charge in [-0.15, -0.1) is 0 Å². The number of carbonyl (C=O) groups is 2. The molecule has 0 aromatic heterocycles. The Morgan fingerprint density at radius 1 is 1.57 bits per heavy atom. The Kier molecular flexibility index (Phi) is 4.57. The number of aryl methyl sites for hydroxylation is 1. The Hall–Kier alpha value is -1.95. The molecule has 1 aliphatic rings. The van der Waals surface area contributed by atoms with Crippen LogP contribution in [-0.2, 0) is 9.59 Å². The van der Waals surface area contributed by atoms with Crippen LogP contribution in [-0.4, -0.2) is 36.1 Å². The molecule has 0 bridgehead atoms. The van der Waals surface area contributed by atoms with Gasteiger partial charge in [0.05, 0.1) is 18.2 Å². The van der Waals surface area contributed by atoms with Crippen LogP contribution >= 0.6 is 0 Å². The maximum Gasteiger partial charge on any atom is 0.227 e. The van der Waals surface area contributed by atoms with E-state index in [1.165, 1.54) is 11.0 Å². The molecule has 5 nitrogen and oxygen atoms in total. The highest BCUT2D eigenvalue weighted by Crippen LogP contribution is 2.28. The van der Waals surface area contributed by atoms with Crippen molar-refractivity contribution in [2.45, 2.75) is 26.3 Å². The van der Waals surface area contributed by atoms with Crippen molar-refractivity contribution in [1.29, 1.82) is 0 Å². The van der Waals surface area contributed by atoms with Crippen molar-refractivity contribution >= 4 is 17.5 Å². The fraction of sp³-hybridized carbons (Fsp3) is 0.467. The van der Waals surface area contributed by atoms with Gasteiger partial charge in [0.15, 0.2) is 0 Å². The van der Waals surface area contributed by atoms with Gasteiger partial charge in [-0.25, -0.2) is 4.39 Å². The number of hydrogen-bond acceptors (Lipinski definition) is 3. The van der Waals surface area contributed by atoms with E-state index in [-0.39, 0.29) is 43.1 Å². The van der Waals surface area contributed by atoms with Gasteiger partial charge in [0.2, 0.25) is 11.8 Å². The summed E-state index contributed by atoms with van der Waals surface area (Å²) in [6, 6.07) is 4.29. The lowest BCUT2D eigenvalue weighted by molar-refractivity contribution is -0.127. The average molecular weight is 294 g/mol. The number of rotatable bonds is 4. The Morgan fingerprint density at radius 2 is 2.29 bits per heavy atom. The molecule has 2 N–H and O–H groups in total. The Bertz CT molecular complexity index is 562. The third kappa shape index (κ3) is 3.39. The topological polar surface area (TPSA) is 69.6 Å². The molecule has 1 aromatic rings. The second-order valence-corrected chi connectivity index (χ2v) is 5.45. The van der Waals surface area contributed by atoms with Crippen LogP contribution in [0.25, 0.3) is 0 Å². The molecule has 0 radical (unpaired) electrons. The Morgan fingerprint density at radius 3 is 2.90 bits per heavy atom. The van der Waals surface area contributed by atoms with Gasteiger partial charge in [0.25, 0.3) is 0 Å². The van der Waals surface area contributed by atoms with Crippen molar-refractivity contribution in [1.82, 2.24) is 5.32 Å². The lowest BCUT2D eigenvalue weighted by atomic mass is 10.1. The van der Waals surface area contributed by atoms with Crippen molar-refractivity contribution in [2.75, 3.05) is 18.1 Å². The highest BCUT2D eigenvalue weighted by atomic mass is 19.1. The molecule has 2 rings (SSSR count). The van der Waals surface area contributed by atoms with Crippen LogP contribution < -0.4 is 10.2 Å². The minimum Gasteiger partial charge on any atom is -0.394 e. The summed E-state index contributed by atoms with van der Waals surface area (Å²) < 4.78 is 13.9. The van der Waals surface area contributed by atoms with E-state index in [1.54, 1.807) is 26.0 Å². The molecular formula is C15H19FN2O3. The first-order valence-electron chi connectivity index (χ1n) is 6.90. The predicted molar refractivity (Wildman–Crippen MR) is 76.3 cm³/mol. The highest BCUT2D eigenvalue weighted by Gasteiger charge is 2.36. The number of anilines is 1. The second kappa shape index (κ2) is 6.22. The van der Waals surface area contributed by atoms with Gasteiger partial charge in [-0.3, -0.25) is 9.59 Å². The van der Waals surface area contributed by atoms with Gasteiger partial charge in [-0.1, -0.05) is 6.07 Å². The van der Waals surface area contributed by atoms with Crippen LogP contribution in [0.2, 0.25) is 0 Å². The number of hydrogen-bond donors (Lipinski definition) is 2. The number of nitrogens with one attached hydrogen (secondary N) is 1. The van der Waals surface area contributed by atoms with Crippen molar-refractivity contribution in [3.05, 3.63) is 29.6 Å². The third-order valence-corrected chi connectivity index (χ3v) is 3.55. The zero-order valence-electron chi connectivity index (χ0n) is 12.1. The van der Waals surface area contributed by atoms with Gasteiger partial charge in [0, 0.05) is 19.0 Å². The molecule has 6 heteroatoms. The molecule has 2 atom stereocenters. The highest BCUT2D eigenvalue weighted by molar-refractivity contribution is 6.00. The zero-order chi connectivity index (χ0) is 15.6. The maximum atomic E-state index is 13.9. The van der Waals surface area contributed by atoms with Crippen molar-refractivity contribution < 1.29 is 19.1 Å². The Labute approximate surface area is 122 Å². The quantitative estimate of drug-likeness (QED) is 0.870. The first-order valence-corrected chi connectivity index (χ1v) is 6.90. The summed E-state index contributed by atoms with van der Waals surface area (Å²) in [5.41, 5.74) is 0.977. The van der Waals surface area contributed by atoms with E-state index >= 15 is 0 Å². The summed E-state index contributed by atoms with van der Waals surface area (Å²) in [5, 5.41) is 11.6. The molecule has 1 heterocycles. The molecule has 0 saturated carbocycles. The lowest BCUT2D eigenvalue weighted by Crippen LogP contribution is -2.40. The van der Waals surface area contributed by atoms with Crippen LogP contribution in [0.15, 0.2) is 18.2 Å². The van der Waals surface area contributed by atoms with Crippen molar-refractivity contribution in [3.63, 3.8) is 0 Å². The SMILES string of the molecule is Cc1ccc(N2CC(C(=O)NC(C)CO)CC2=O)c(F)c1. The average Bonchev–Trinajstić information content (AvgIpc) is 2.80. The fourth-order valence-electron chi connectivity index (χ4n) is 2.35. The molecule has 1 aromatic carbocycles. The number of nitrogens with zero attached hydrogens (tertiary/aromatic N) is 1. The normalized spacial score (nSPS) is 19.7. The molecule has 2 amide bonds. The first kappa shape index (κ1) is 15.4. The standard InChI is InChI=1S/C15H19FN2O3/c1-9-3-4-13(12(16)5-9)18-7-11(6-14(18)20)15(21)17-10(2)8-19/h3-5,10-11,19H,6-8H2,1-2H3,(H,17,21). The number of amides is 2. The summed E-state index contributed by atoms with van der Waals surface area (Å²) in [7, 11) is 0. The fourth-order valence-corrected chi connectivity index (χ4v) is 2.35. The van der Waals surface area contributed by atoms with Crippen molar-refractivity contribution in [2.24, 2.45) is 5.92 Å². The number of halogens is 1. The smallest absolute Gasteiger partial charge is 0.227 e. The largest absolute Gasteiger partial charge is 0.394 e. The minimum absolute atomic E-state index is 0.0529. The summed E-state index contributed by atoms with van der Waals surface area (Å²) in [6.07, 6.45) is 0.0529. The van der Waals surface area contributed by atoms with E-state index in [1.807, 2.05) is 0 Å². The van der Waals surface area contributed by atoms with E-state index in [4.69, 9.17) is 5.11 Å². The van der Waals surface area contributed by atoms with Crippen LogP contribution in [0.3, 0.4) is 0 Å². The van der Waals surface area contributed by atoms with E-state index in [2.05, 4.69) is 5.32 Å². The molecule has 0 aliphatic carbocycles. The molecular weight excluding hydrogens is 275 g/mol. The molecule has 114 valence electrons. The lowest BCUT2D eigenvalue weighted by Gasteiger charge is -2.18. The van der Waals surface area contributed by atoms with Gasteiger partial charge in [-0.05, 0) is 31.5 Å². The van der Waals surface area contributed by atoms with Crippen LogP contribution in [0.1, 0.15) is 18.9 Å². The summed E-state index contributed by atoms with van der Waals surface area (Å²) >= 11 is 0. The number of carbonyl (C=O) groups excluding carboxylic acids is 2. The Balaban J connectivity index is 2.11. The minimum atomic E-state index is -0.521. The van der Waals surface area contributed by atoms with Crippen LogP contribution in [0.5, 0.6) is 0 Å². The van der Waals surface area contributed by atoms with Crippen LogP contribution in [0, 0.1) is 18.7 Å². The second-order valence-electron chi connectivity index (χ2n) is 5.45.